The van der Waals surface area contributed by atoms with Gasteiger partial charge in [0, 0.05) is 10.6 Å². The summed E-state index contributed by atoms with van der Waals surface area (Å²) in [5.41, 5.74) is 0. The van der Waals surface area contributed by atoms with Gasteiger partial charge in [-0.05, 0) is 6.07 Å². The van der Waals surface area contributed by atoms with E-state index in [-0.39, 0.29) is 0 Å². The zero-order chi connectivity index (χ0) is 15.7. The fourth-order valence-electron chi connectivity index (χ4n) is 1.12. The fourth-order valence-corrected chi connectivity index (χ4v) is 3.28. The highest BCUT2D eigenvalue weighted by atomic mass is 127. The molecule has 14 heteroatoms. The molecule has 0 fully saturated rings. The molecule has 1 rings (SSSR count). The van der Waals surface area contributed by atoms with Crippen molar-refractivity contribution in [3.05, 3.63) is 12.1 Å². The number of rotatable bonds is 5. The first-order valence-electron chi connectivity index (χ1n) is 4.22. The molecule has 0 bridgehead atoms. The maximum Gasteiger partial charge on any atom is 0.747 e. The van der Waals surface area contributed by atoms with E-state index in [1.807, 2.05) is 0 Å². The number of hydrogen-bond donors (Lipinski definition) is 3. The van der Waals surface area contributed by atoms with Gasteiger partial charge in [-0.2, -0.15) is 16.8 Å². The van der Waals surface area contributed by atoms with Crippen LogP contribution in [0.3, 0.4) is 0 Å². The Morgan fingerprint density at radius 2 is 1.65 bits per heavy atom. The minimum absolute atomic E-state index is 0.399. The molecule has 0 radical (unpaired) electrons. The average molecular weight is 459 g/mol. The number of benzene rings is 1. The van der Waals surface area contributed by atoms with E-state index in [1.54, 1.807) is 0 Å². The molecular formula is C6H5IO10PS2+. The van der Waals surface area contributed by atoms with Gasteiger partial charge in [0.05, 0.1) is 4.90 Å². The molecule has 0 spiro atoms. The predicted octanol–water partition coefficient (Wildman–Crippen LogP) is 0.937. The normalized spacial score (nSPS) is 12.9. The van der Waals surface area contributed by atoms with Crippen LogP contribution in [0.1, 0.15) is 0 Å². The van der Waals surface area contributed by atoms with Crippen LogP contribution in [0.15, 0.2) is 21.9 Å². The molecule has 0 aliphatic carbocycles. The lowest BCUT2D eigenvalue weighted by atomic mass is 10.3. The van der Waals surface area contributed by atoms with Crippen molar-refractivity contribution in [2.75, 3.05) is 0 Å². The van der Waals surface area contributed by atoms with Crippen molar-refractivity contribution in [1.82, 2.24) is 0 Å². The van der Waals surface area contributed by atoms with Gasteiger partial charge in [0.15, 0.2) is 23.0 Å². The first-order valence-corrected chi connectivity index (χ1v) is 9.11. The van der Waals surface area contributed by atoms with E-state index in [1.165, 1.54) is 23.0 Å². The highest BCUT2D eigenvalue weighted by Crippen LogP contribution is 2.41. The largest absolute Gasteiger partial charge is 0.747 e. The molecule has 0 heterocycles. The van der Waals surface area contributed by atoms with Gasteiger partial charge >= 0.3 is 8.25 Å². The third kappa shape index (κ3) is 4.21. The van der Waals surface area contributed by atoms with E-state index in [9.17, 15) is 21.4 Å². The summed E-state index contributed by atoms with van der Waals surface area (Å²) in [5.74, 6) is -1.48. The Bertz CT molecular complexity index is 754. The van der Waals surface area contributed by atoms with E-state index in [0.29, 0.717) is 12.1 Å². The third-order valence-corrected chi connectivity index (χ3v) is 4.31. The van der Waals surface area contributed by atoms with Gasteiger partial charge in [-0.15, -0.1) is 4.89 Å². The summed E-state index contributed by atoms with van der Waals surface area (Å²) >= 11 is 1.18. The van der Waals surface area contributed by atoms with Crippen molar-refractivity contribution in [2.45, 2.75) is 9.79 Å². The van der Waals surface area contributed by atoms with Crippen LogP contribution in [0.4, 0.5) is 0 Å². The summed E-state index contributed by atoms with van der Waals surface area (Å²) in [6.07, 6.45) is 0. The Kier molecular flexibility index (Phi) is 5.29. The Labute approximate surface area is 127 Å². The number of halogens is 1. The minimum Gasteiger partial charge on any atom is -0.422 e. The Hall–Kier alpha value is -0.570. The molecule has 0 aliphatic heterocycles. The van der Waals surface area contributed by atoms with Gasteiger partial charge in [0.1, 0.15) is 4.90 Å². The van der Waals surface area contributed by atoms with Crippen LogP contribution in [0.5, 0.6) is 11.5 Å². The van der Waals surface area contributed by atoms with Crippen molar-refractivity contribution in [1.29, 1.82) is 0 Å². The van der Waals surface area contributed by atoms with E-state index in [4.69, 9.17) is 14.0 Å². The molecule has 0 amide bonds. The summed E-state index contributed by atoms with van der Waals surface area (Å²) in [4.78, 5) is 6.58. The maximum absolute atomic E-state index is 11.1. The second-order valence-electron chi connectivity index (χ2n) is 3.11. The topological polar surface area (TPSA) is 164 Å². The molecule has 1 aromatic carbocycles. The first kappa shape index (κ1) is 17.5. The second-order valence-corrected chi connectivity index (χ2v) is 7.02. The lowest BCUT2D eigenvalue weighted by Crippen LogP contribution is -2.06. The van der Waals surface area contributed by atoms with Gasteiger partial charge < -0.3 is 3.07 Å². The van der Waals surface area contributed by atoms with Gasteiger partial charge in [-0.25, -0.2) is 4.52 Å². The van der Waals surface area contributed by atoms with Crippen LogP contribution in [-0.4, -0.2) is 30.8 Å². The highest BCUT2D eigenvalue weighted by Gasteiger charge is 2.30. The Balaban J connectivity index is 3.78. The summed E-state index contributed by atoms with van der Waals surface area (Å²) in [5, 5.41) is 0. The Morgan fingerprint density at radius 3 is 2.00 bits per heavy atom. The molecular weight excluding hydrogens is 454 g/mol. The van der Waals surface area contributed by atoms with Crippen LogP contribution < -0.4 is 7.59 Å². The minimum atomic E-state index is -4.95. The summed E-state index contributed by atoms with van der Waals surface area (Å²) in [6, 6.07) is 0.956. The monoisotopic (exact) mass is 459 g/mol. The Morgan fingerprint density at radius 1 is 1.10 bits per heavy atom. The van der Waals surface area contributed by atoms with Crippen molar-refractivity contribution >= 4 is 51.5 Å². The molecule has 0 saturated heterocycles. The predicted molar refractivity (Wildman–Crippen MR) is 71.2 cm³/mol. The molecule has 0 aliphatic rings. The third-order valence-electron chi connectivity index (χ3n) is 1.82. The molecule has 0 aromatic heterocycles. The maximum atomic E-state index is 11.1. The van der Waals surface area contributed by atoms with Crippen molar-refractivity contribution < 1.29 is 43.0 Å². The van der Waals surface area contributed by atoms with E-state index in [0.717, 1.165) is 0 Å². The van der Waals surface area contributed by atoms with E-state index in [2.05, 4.69) is 7.59 Å². The smallest absolute Gasteiger partial charge is 0.422 e. The zero-order valence-electron chi connectivity index (χ0n) is 9.00. The molecule has 1 unspecified atom stereocenters. The molecule has 112 valence electrons. The van der Waals surface area contributed by atoms with Gasteiger partial charge in [0.2, 0.25) is 11.5 Å². The van der Waals surface area contributed by atoms with Crippen LogP contribution in [0.25, 0.3) is 0 Å². The first-order chi connectivity index (χ1) is 8.96. The van der Waals surface area contributed by atoms with Gasteiger partial charge in [-0.1, -0.05) is 0 Å². The van der Waals surface area contributed by atoms with Crippen LogP contribution in [-0.2, 0) is 24.8 Å². The summed E-state index contributed by atoms with van der Waals surface area (Å²) in [7, 11) is -13.1. The second kappa shape index (κ2) is 6.05. The SMILES string of the molecule is O=[P+](O)Oc1cc(S(=O)(=O)O)cc(S(=O)(=O)O)c1OI. The summed E-state index contributed by atoms with van der Waals surface area (Å²) < 4.78 is 81.6. The average Bonchev–Trinajstić information content (AvgIpc) is 2.24. The molecule has 10 nitrogen and oxygen atoms in total. The molecule has 20 heavy (non-hydrogen) atoms. The van der Waals surface area contributed by atoms with Crippen molar-refractivity contribution in [3.8, 4) is 11.5 Å². The van der Waals surface area contributed by atoms with Crippen molar-refractivity contribution in [3.63, 3.8) is 0 Å². The number of hydrogen-bond acceptors (Lipinski definition) is 7. The summed E-state index contributed by atoms with van der Waals surface area (Å²) in [6.45, 7) is 0. The molecule has 1 aromatic rings. The lowest BCUT2D eigenvalue weighted by Gasteiger charge is -2.08. The highest BCUT2D eigenvalue weighted by molar-refractivity contribution is 14.1. The lowest BCUT2D eigenvalue weighted by molar-refractivity contribution is 0.402. The van der Waals surface area contributed by atoms with Crippen molar-refractivity contribution in [2.24, 2.45) is 0 Å². The van der Waals surface area contributed by atoms with Crippen LogP contribution in [0.2, 0.25) is 0 Å². The zero-order valence-corrected chi connectivity index (χ0v) is 13.7. The molecule has 3 N–H and O–H groups in total. The quantitative estimate of drug-likeness (QED) is 0.328. The van der Waals surface area contributed by atoms with Gasteiger partial charge in [0.25, 0.3) is 20.2 Å². The van der Waals surface area contributed by atoms with Crippen LogP contribution in [0, 0.1) is 0 Å². The fraction of sp³-hybridized carbons (Fsp3) is 0. The molecule has 0 saturated carbocycles. The van der Waals surface area contributed by atoms with Gasteiger partial charge in [-0.3, -0.25) is 9.11 Å². The van der Waals surface area contributed by atoms with E-state index >= 15 is 0 Å². The van der Waals surface area contributed by atoms with E-state index < -0.39 is 49.8 Å². The molecule has 1 atom stereocenters. The standard InChI is InChI=1S/C6H4IO10PS2/c7-16-6-4(17-18(8)9)1-3(19(10,11)12)2-5(6)20(13,14)15/h1-2H,(H2-,8,9,10,11,12,13,14,15)/p+1. The van der Waals surface area contributed by atoms with Crippen LogP contribution >= 0.6 is 31.3 Å².